The molecule has 1 aliphatic rings. The minimum atomic E-state index is -4.01. The Morgan fingerprint density at radius 3 is 2.25 bits per heavy atom. The summed E-state index contributed by atoms with van der Waals surface area (Å²) in [5, 5.41) is 4.23. The van der Waals surface area contributed by atoms with Gasteiger partial charge in [0, 0.05) is 12.2 Å². The van der Waals surface area contributed by atoms with Crippen LogP contribution in [0.3, 0.4) is 0 Å². The SMILES string of the molecule is CCN1C(=O)C(C(=O)Nc2ccccc2)c2cc3ccccc3cc2S1(=O)=O. The lowest BCUT2D eigenvalue weighted by molar-refractivity contribution is -0.133. The highest BCUT2D eigenvalue weighted by molar-refractivity contribution is 7.89. The topological polar surface area (TPSA) is 83.6 Å². The summed E-state index contributed by atoms with van der Waals surface area (Å²) in [5.41, 5.74) is 0.751. The van der Waals surface area contributed by atoms with Crippen LogP contribution in [0.2, 0.25) is 0 Å². The molecule has 7 heteroatoms. The van der Waals surface area contributed by atoms with Gasteiger partial charge in [-0.3, -0.25) is 9.59 Å². The Bertz CT molecular complexity index is 1190. The number of carbonyl (C=O) groups excluding carboxylic acids is 2. The number of benzene rings is 3. The summed E-state index contributed by atoms with van der Waals surface area (Å²) in [6, 6.07) is 19.2. The summed E-state index contributed by atoms with van der Waals surface area (Å²) in [6.45, 7) is 1.54. The maximum atomic E-state index is 13.0. The summed E-state index contributed by atoms with van der Waals surface area (Å²) in [4.78, 5) is 26.0. The number of sulfonamides is 1. The minimum absolute atomic E-state index is 0.000798. The molecule has 0 fully saturated rings. The van der Waals surface area contributed by atoms with Crippen LogP contribution in [0, 0.1) is 0 Å². The van der Waals surface area contributed by atoms with E-state index in [0.717, 1.165) is 15.1 Å². The van der Waals surface area contributed by atoms with Gasteiger partial charge in [-0.05, 0) is 47.5 Å². The predicted molar refractivity (Wildman–Crippen MR) is 106 cm³/mol. The van der Waals surface area contributed by atoms with Crippen molar-refractivity contribution in [2.24, 2.45) is 0 Å². The van der Waals surface area contributed by atoms with Gasteiger partial charge in [0.25, 0.3) is 15.9 Å². The van der Waals surface area contributed by atoms with E-state index >= 15 is 0 Å². The van der Waals surface area contributed by atoms with Crippen molar-refractivity contribution in [3.8, 4) is 0 Å². The molecule has 1 N–H and O–H groups in total. The normalized spacial score (nSPS) is 18.0. The number of anilines is 1. The second kappa shape index (κ2) is 6.76. The standard InChI is InChI=1S/C21H18N2O4S/c1-2-23-21(25)19(20(24)22-16-10-4-3-5-11-16)17-12-14-8-6-7-9-15(14)13-18(17)28(23,26)27/h3-13,19H,2H2,1H3,(H,22,24). The van der Waals surface area contributed by atoms with Crippen LogP contribution < -0.4 is 5.32 Å². The van der Waals surface area contributed by atoms with Crippen LogP contribution in [0.25, 0.3) is 10.8 Å². The smallest absolute Gasteiger partial charge is 0.266 e. The van der Waals surface area contributed by atoms with Crippen molar-refractivity contribution in [2.45, 2.75) is 17.7 Å². The molecule has 6 nitrogen and oxygen atoms in total. The average molecular weight is 394 g/mol. The highest BCUT2D eigenvalue weighted by Crippen LogP contribution is 2.37. The molecule has 1 unspecified atom stereocenters. The Balaban J connectivity index is 1.90. The lowest BCUT2D eigenvalue weighted by atomic mass is 9.94. The number of rotatable bonds is 3. The van der Waals surface area contributed by atoms with Gasteiger partial charge in [0.2, 0.25) is 5.91 Å². The van der Waals surface area contributed by atoms with Crippen LogP contribution in [0.1, 0.15) is 18.4 Å². The van der Waals surface area contributed by atoms with Crippen LogP contribution in [-0.4, -0.2) is 31.1 Å². The summed E-state index contributed by atoms with van der Waals surface area (Å²) in [7, 11) is -4.01. The molecule has 0 aromatic heterocycles. The second-order valence-electron chi connectivity index (χ2n) is 6.53. The molecule has 0 radical (unpaired) electrons. The van der Waals surface area contributed by atoms with Crippen molar-refractivity contribution < 1.29 is 18.0 Å². The molecule has 28 heavy (non-hydrogen) atoms. The van der Waals surface area contributed by atoms with Crippen molar-refractivity contribution in [2.75, 3.05) is 11.9 Å². The van der Waals surface area contributed by atoms with E-state index in [9.17, 15) is 18.0 Å². The third kappa shape index (κ3) is 2.84. The molecule has 4 rings (SSSR count). The Morgan fingerprint density at radius 2 is 1.61 bits per heavy atom. The maximum absolute atomic E-state index is 13.0. The molecule has 3 aromatic rings. The maximum Gasteiger partial charge on any atom is 0.266 e. The number of hydrogen-bond donors (Lipinski definition) is 1. The Morgan fingerprint density at radius 1 is 1.00 bits per heavy atom. The zero-order chi connectivity index (χ0) is 19.9. The zero-order valence-corrected chi connectivity index (χ0v) is 15.9. The molecular weight excluding hydrogens is 376 g/mol. The summed E-state index contributed by atoms with van der Waals surface area (Å²) < 4.78 is 26.8. The first-order valence-electron chi connectivity index (χ1n) is 8.88. The first-order valence-corrected chi connectivity index (χ1v) is 10.3. The van der Waals surface area contributed by atoms with Crippen molar-refractivity contribution >= 4 is 38.3 Å². The Hall–Kier alpha value is -3.19. The lowest BCUT2D eigenvalue weighted by Gasteiger charge is -2.32. The van der Waals surface area contributed by atoms with E-state index in [2.05, 4.69) is 5.32 Å². The van der Waals surface area contributed by atoms with Crippen molar-refractivity contribution in [1.82, 2.24) is 4.31 Å². The average Bonchev–Trinajstić information content (AvgIpc) is 2.68. The van der Waals surface area contributed by atoms with E-state index in [0.29, 0.717) is 5.69 Å². The number of carbonyl (C=O) groups is 2. The van der Waals surface area contributed by atoms with E-state index in [1.165, 1.54) is 6.07 Å². The lowest BCUT2D eigenvalue weighted by Crippen LogP contribution is -2.47. The first kappa shape index (κ1) is 18.2. The van der Waals surface area contributed by atoms with E-state index in [1.54, 1.807) is 43.3 Å². The molecule has 0 aliphatic carbocycles. The third-order valence-electron chi connectivity index (χ3n) is 4.84. The number of nitrogens with one attached hydrogen (secondary N) is 1. The largest absolute Gasteiger partial charge is 0.325 e. The van der Waals surface area contributed by atoms with Gasteiger partial charge in [-0.25, -0.2) is 12.7 Å². The Kier molecular flexibility index (Phi) is 4.39. The van der Waals surface area contributed by atoms with Crippen molar-refractivity contribution in [1.29, 1.82) is 0 Å². The molecule has 3 aromatic carbocycles. The van der Waals surface area contributed by atoms with Gasteiger partial charge in [0.1, 0.15) is 5.92 Å². The van der Waals surface area contributed by atoms with E-state index in [-0.39, 0.29) is 17.0 Å². The molecule has 1 aliphatic heterocycles. The van der Waals surface area contributed by atoms with Crippen LogP contribution in [0.5, 0.6) is 0 Å². The number of amides is 2. The quantitative estimate of drug-likeness (QED) is 0.692. The van der Waals surface area contributed by atoms with Gasteiger partial charge in [-0.2, -0.15) is 0 Å². The Labute approximate surface area is 162 Å². The third-order valence-corrected chi connectivity index (χ3v) is 6.77. The van der Waals surface area contributed by atoms with Crippen molar-refractivity contribution in [3.05, 3.63) is 72.3 Å². The van der Waals surface area contributed by atoms with Gasteiger partial charge in [0.15, 0.2) is 0 Å². The highest BCUT2D eigenvalue weighted by Gasteiger charge is 2.45. The monoisotopic (exact) mass is 394 g/mol. The molecule has 0 bridgehead atoms. The van der Waals surface area contributed by atoms with E-state index in [1.807, 2.05) is 24.3 Å². The van der Waals surface area contributed by atoms with Crippen LogP contribution in [-0.2, 0) is 19.6 Å². The van der Waals surface area contributed by atoms with Gasteiger partial charge >= 0.3 is 0 Å². The van der Waals surface area contributed by atoms with Gasteiger partial charge in [0.05, 0.1) is 4.90 Å². The predicted octanol–water partition coefficient (Wildman–Crippen LogP) is 3.11. The molecule has 1 heterocycles. The first-order chi connectivity index (χ1) is 13.4. The van der Waals surface area contributed by atoms with E-state index < -0.39 is 27.8 Å². The fourth-order valence-electron chi connectivity index (χ4n) is 3.52. The number of nitrogens with zero attached hydrogens (tertiary/aromatic N) is 1. The number of fused-ring (bicyclic) bond motifs is 2. The van der Waals surface area contributed by atoms with Gasteiger partial charge < -0.3 is 5.32 Å². The molecule has 0 spiro atoms. The minimum Gasteiger partial charge on any atom is -0.325 e. The zero-order valence-electron chi connectivity index (χ0n) is 15.1. The van der Waals surface area contributed by atoms with Crippen LogP contribution in [0.15, 0.2) is 71.6 Å². The second-order valence-corrected chi connectivity index (χ2v) is 8.36. The van der Waals surface area contributed by atoms with Crippen LogP contribution >= 0.6 is 0 Å². The highest BCUT2D eigenvalue weighted by atomic mass is 32.2. The number of hydrogen-bond acceptors (Lipinski definition) is 4. The van der Waals surface area contributed by atoms with Gasteiger partial charge in [-0.1, -0.05) is 42.5 Å². The molecular formula is C21H18N2O4S. The van der Waals surface area contributed by atoms with Crippen molar-refractivity contribution in [3.63, 3.8) is 0 Å². The fraction of sp³-hybridized carbons (Fsp3) is 0.143. The molecule has 2 amide bonds. The fourth-order valence-corrected chi connectivity index (χ4v) is 5.19. The summed E-state index contributed by atoms with van der Waals surface area (Å²) in [5.74, 6) is -2.52. The molecule has 142 valence electrons. The summed E-state index contributed by atoms with van der Waals surface area (Å²) >= 11 is 0. The molecule has 0 saturated heterocycles. The van der Waals surface area contributed by atoms with Crippen LogP contribution in [0.4, 0.5) is 5.69 Å². The number of para-hydroxylation sites is 1. The number of likely N-dealkylation sites (N-methyl/N-ethyl adjacent to an activating group) is 1. The molecule has 1 atom stereocenters. The van der Waals surface area contributed by atoms with E-state index in [4.69, 9.17) is 0 Å². The van der Waals surface area contributed by atoms with Gasteiger partial charge in [-0.15, -0.1) is 0 Å². The molecule has 0 saturated carbocycles. The summed E-state index contributed by atoms with van der Waals surface area (Å²) in [6.07, 6.45) is 0.